The largest absolute Gasteiger partial charge is 0.497 e. The smallest absolute Gasteiger partial charge is 0.215 e. The average Bonchev–Trinajstić information content (AvgIpc) is 2.75. The number of nitrogens with zero attached hydrogens (tertiary/aromatic N) is 3. The van der Waals surface area contributed by atoms with Crippen LogP contribution in [0.5, 0.6) is 5.75 Å². The summed E-state index contributed by atoms with van der Waals surface area (Å²) in [5.74, 6) is 1.62. The number of methoxy groups -OCH3 is 1. The lowest BCUT2D eigenvalue weighted by molar-refractivity contribution is 0.384. The van der Waals surface area contributed by atoms with Crippen molar-refractivity contribution in [2.75, 3.05) is 55.8 Å². The average molecular weight is 436 g/mol. The van der Waals surface area contributed by atoms with Crippen molar-refractivity contribution in [1.29, 1.82) is 0 Å². The second kappa shape index (κ2) is 9.86. The molecule has 1 aliphatic rings. The van der Waals surface area contributed by atoms with Crippen molar-refractivity contribution >= 4 is 38.9 Å². The van der Waals surface area contributed by atoms with E-state index >= 15 is 0 Å². The summed E-state index contributed by atoms with van der Waals surface area (Å²) in [4.78, 5) is 6.42. The van der Waals surface area contributed by atoms with Gasteiger partial charge in [0.1, 0.15) is 11.6 Å². The molecule has 1 aliphatic heterocycles. The number of sulfonamides is 1. The fraction of sp³-hybridized carbons (Fsp3) is 0.368. The number of rotatable bonds is 7. The first kappa shape index (κ1) is 21.3. The zero-order valence-electron chi connectivity index (χ0n) is 16.2. The minimum atomic E-state index is -3.35. The third kappa shape index (κ3) is 6.02. The Kier molecular flexibility index (Phi) is 7.24. The molecule has 1 aromatic carbocycles. The Labute approximate surface area is 176 Å². The molecule has 0 spiro atoms. The third-order valence-electron chi connectivity index (χ3n) is 4.60. The number of hydrogen-bond donors (Lipinski definition) is 2. The molecule has 0 amide bonds. The zero-order chi connectivity index (χ0) is 20.7. The molecule has 0 atom stereocenters. The van der Waals surface area contributed by atoms with Crippen molar-refractivity contribution in [3.63, 3.8) is 0 Å². The topological polar surface area (TPSA) is 86.8 Å². The fourth-order valence-electron chi connectivity index (χ4n) is 3.01. The number of piperazine rings is 1. The van der Waals surface area contributed by atoms with Crippen LogP contribution in [0.4, 0.5) is 11.5 Å². The molecular weight excluding hydrogens is 410 g/mol. The van der Waals surface area contributed by atoms with E-state index in [9.17, 15) is 8.42 Å². The van der Waals surface area contributed by atoms with Gasteiger partial charge >= 0.3 is 0 Å². The Morgan fingerprint density at radius 2 is 1.86 bits per heavy atom. The first-order chi connectivity index (χ1) is 14.0. The highest BCUT2D eigenvalue weighted by molar-refractivity contribution is 7.89. The molecule has 0 aliphatic carbocycles. The Balaban J connectivity index is 1.42. The number of pyridine rings is 1. The van der Waals surface area contributed by atoms with Gasteiger partial charge in [-0.25, -0.2) is 13.4 Å². The summed E-state index contributed by atoms with van der Waals surface area (Å²) in [5, 5.41) is 6.36. The number of ether oxygens (including phenoxy) is 1. The van der Waals surface area contributed by atoms with Crippen LogP contribution in [0.2, 0.25) is 0 Å². The Morgan fingerprint density at radius 3 is 2.48 bits per heavy atom. The minimum absolute atomic E-state index is 0.0129. The summed E-state index contributed by atoms with van der Waals surface area (Å²) in [6.07, 6.45) is 1.74. The van der Waals surface area contributed by atoms with E-state index in [1.54, 1.807) is 13.3 Å². The van der Waals surface area contributed by atoms with Gasteiger partial charge in [0.15, 0.2) is 5.11 Å². The van der Waals surface area contributed by atoms with Gasteiger partial charge in [-0.15, -0.1) is 0 Å². The number of hydrogen-bond acceptors (Lipinski definition) is 6. The van der Waals surface area contributed by atoms with Gasteiger partial charge in [0.05, 0.1) is 12.9 Å². The van der Waals surface area contributed by atoms with Crippen LogP contribution in [-0.2, 0) is 10.0 Å². The molecule has 0 bridgehead atoms. The van der Waals surface area contributed by atoms with E-state index in [1.165, 1.54) is 4.31 Å². The Morgan fingerprint density at radius 1 is 1.14 bits per heavy atom. The summed E-state index contributed by atoms with van der Waals surface area (Å²) < 4.78 is 31.9. The molecule has 1 aromatic heterocycles. The van der Waals surface area contributed by atoms with Crippen LogP contribution in [0.25, 0.3) is 0 Å². The van der Waals surface area contributed by atoms with E-state index in [0.29, 0.717) is 31.3 Å². The maximum Gasteiger partial charge on any atom is 0.215 e. The highest BCUT2D eigenvalue weighted by atomic mass is 32.2. The number of aromatic nitrogens is 1. The SMILES string of the molecule is COc1ccc(NC(=S)NCCS(=O)(=O)N2CCN(c3ccccn3)CC2)cc1. The van der Waals surface area contributed by atoms with Crippen molar-refractivity contribution in [3.8, 4) is 5.75 Å². The van der Waals surface area contributed by atoms with Crippen molar-refractivity contribution < 1.29 is 13.2 Å². The third-order valence-corrected chi connectivity index (χ3v) is 6.72. The quantitative estimate of drug-likeness (QED) is 0.634. The molecule has 8 nitrogen and oxygen atoms in total. The molecule has 1 fully saturated rings. The first-order valence-electron chi connectivity index (χ1n) is 9.30. The van der Waals surface area contributed by atoms with Crippen LogP contribution >= 0.6 is 12.2 Å². The molecule has 10 heteroatoms. The van der Waals surface area contributed by atoms with E-state index in [1.807, 2.05) is 42.5 Å². The molecule has 0 saturated carbocycles. The van der Waals surface area contributed by atoms with Crippen molar-refractivity contribution in [1.82, 2.24) is 14.6 Å². The molecule has 2 aromatic rings. The molecule has 1 saturated heterocycles. The van der Waals surface area contributed by atoms with Crippen LogP contribution in [-0.4, -0.2) is 68.4 Å². The second-order valence-electron chi connectivity index (χ2n) is 6.50. The Bertz CT molecular complexity index is 899. The summed E-state index contributed by atoms with van der Waals surface area (Å²) in [5.41, 5.74) is 0.803. The first-order valence-corrected chi connectivity index (χ1v) is 11.3. The van der Waals surface area contributed by atoms with Crippen LogP contribution in [0.1, 0.15) is 0 Å². The summed E-state index contributed by atoms with van der Waals surface area (Å²) in [6, 6.07) is 13.0. The molecule has 2 heterocycles. The Hall–Kier alpha value is -2.43. The second-order valence-corrected chi connectivity index (χ2v) is 9.00. The summed E-state index contributed by atoms with van der Waals surface area (Å²) in [7, 11) is -1.74. The standard InChI is InChI=1S/C19H25N5O3S2/c1-27-17-7-5-16(6-8-17)22-19(28)21-10-15-29(25,26)24-13-11-23(12-14-24)18-4-2-3-9-20-18/h2-9H,10-15H2,1H3,(H2,21,22,28). The van der Waals surface area contributed by atoms with Crippen LogP contribution in [0, 0.1) is 0 Å². The lowest BCUT2D eigenvalue weighted by atomic mass is 10.3. The zero-order valence-corrected chi connectivity index (χ0v) is 17.9. The van der Waals surface area contributed by atoms with E-state index < -0.39 is 10.0 Å². The lowest BCUT2D eigenvalue weighted by Gasteiger charge is -2.34. The van der Waals surface area contributed by atoms with Crippen molar-refractivity contribution in [2.45, 2.75) is 0 Å². The van der Waals surface area contributed by atoms with Crippen molar-refractivity contribution in [2.24, 2.45) is 0 Å². The molecule has 0 radical (unpaired) electrons. The molecule has 0 unspecified atom stereocenters. The molecule has 2 N–H and O–H groups in total. The fourth-order valence-corrected chi connectivity index (χ4v) is 4.57. The number of thiocarbonyl (C=S) groups is 1. The monoisotopic (exact) mass is 435 g/mol. The van der Waals surface area contributed by atoms with Gasteiger partial charge < -0.3 is 20.3 Å². The van der Waals surface area contributed by atoms with E-state index in [4.69, 9.17) is 17.0 Å². The van der Waals surface area contributed by atoms with Gasteiger partial charge in [0, 0.05) is 44.6 Å². The molecule has 3 rings (SSSR count). The summed E-state index contributed by atoms with van der Waals surface area (Å²) >= 11 is 5.24. The van der Waals surface area contributed by atoms with E-state index in [-0.39, 0.29) is 12.3 Å². The van der Waals surface area contributed by atoms with E-state index in [0.717, 1.165) is 17.3 Å². The van der Waals surface area contributed by atoms with Crippen LogP contribution in [0.3, 0.4) is 0 Å². The summed E-state index contributed by atoms with van der Waals surface area (Å²) in [6.45, 7) is 2.40. The molecular formula is C19H25N5O3S2. The van der Waals surface area contributed by atoms with Crippen LogP contribution < -0.4 is 20.3 Å². The lowest BCUT2D eigenvalue weighted by Crippen LogP contribution is -2.50. The van der Waals surface area contributed by atoms with Crippen molar-refractivity contribution in [3.05, 3.63) is 48.7 Å². The highest BCUT2D eigenvalue weighted by Gasteiger charge is 2.27. The van der Waals surface area contributed by atoms with Gasteiger partial charge in [-0.05, 0) is 48.6 Å². The normalized spacial score (nSPS) is 15.0. The number of nitrogens with one attached hydrogen (secondary N) is 2. The predicted molar refractivity (Wildman–Crippen MR) is 119 cm³/mol. The van der Waals surface area contributed by atoms with Gasteiger partial charge in [0.25, 0.3) is 0 Å². The highest BCUT2D eigenvalue weighted by Crippen LogP contribution is 2.16. The van der Waals surface area contributed by atoms with Gasteiger partial charge in [-0.2, -0.15) is 4.31 Å². The van der Waals surface area contributed by atoms with Gasteiger partial charge in [0.2, 0.25) is 10.0 Å². The molecule has 29 heavy (non-hydrogen) atoms. The maximum absolute atomic E-state index is 12.6. The minimum Gasteiger partial charge on any atom is -0.497 e. The molecule has 156 valence electrons. The predicted octanol–water partition coefficient (Wildman–Crippen LogP) is 1.53. The van der Waals surface area contributed by atoms with Gasteiger partial charge in [-0.3, -0.25) is 0 Å². The number of benzene rings is 1. The number of anilines is 2. The van der Waals surface area contributed by atoms with E-state index in [2.05, 4.69) is 20.5 Å². The van der Waals surface area contributed by atoms with Gasteiger partial charge in [-0.1, -0.05) is 6.07 Å². The van der Waals surface area contributed by atoms with Crippen LogP contribution in [0.15, 0.2) is 48.7 Å². The maximum atomic E-state index is 12.6.